The molecule has 0 bridgehead atoms. The molecule has 1 fully saturated rings. The number of imide groups is 1. The van der Waals surface area contributed by atoms with Gasteiger partial charge in [0.2, 0.25) is 0 Å². The van der Waals surface area contributed by atoms with Gasteiger partial charge in [-0.15, -0.1) is 11.3 Å². The van der Waals surface area contributed by atoms with Crippen LogP contribution < -0.4 is 0 Å². The molecule has 1 aromatic carbocycles. The summed E-state index contributed by atoms with van der Waals surface area (Å²) in [7, 11) is 0. The van der Waals surface area contributed by atoms with Crippen LogP contribution in [0.3, 0.4) is 0 Å². The van der Waals surface area contributed by atoms with Crippen molar-refractivity contribution >= 4 is 40.3 Å². The number of nitrogens with zero attached hydrogens (tertiary/aromatic N) is 1. The number of benzene rings is 1. The average molecular weight is 333 g/mol. The Morgan fingerprint density at radius 1 is 1.18 bits per heavy atom. The van der Waals surface area contributed by atoms with Crippen LogP contribution in [-0.2, 0) is 11.3 Å². The van der Waals surface area contributed by atoms with Crippen LogP contribution in [0.1, 0.15) is 15.3 Å². The summed E-state index contributed by atoms with van der Waals surface area (Å²) in [5.41, 5.74) is 0.331. The zero-order valence-electron chi connectivity index (χ0n) is 11.7. The molecule has 22 heavy (non-hydrogen) atoms. The first kappa shape index (κ1) is 15.0. The van der Waals surface area contributed by atoms with Crippen LogP contribution in [0.4, 0.5) is 9.18 Å². The quantitative estimate of drug-likeness (QED) is 0.780. The van der Waals surface area contributed by atoms with Crippen molar-refractivity contribution in [2.24, 2.45) is 0 Å². The summed E-state index contributed by atoms with van der Waals surface area (Å²) >= 11 is 2.45. The van der Waals surface area contributed by atoms with Crippen molar-refractivity contribution in [3.8, 4) is 0 Å². The van der Waals surface area contributed by atoms with Gasteiger partial charge in [-0.3, -0.25) is 14.5 Å². The Morgan fingerprint density at radius 2 is 1.95 bits per heavy atom. The van der Waals surface area contributed by atoms with Crippen LogP contribution in [0, 0.1) is 12.7 Å². The lowest BCUT2D eigenvalue weighted by atomic mass is 10.2. The Morgan fingerprint density at radius 3 is 2.64 bits per heavy atom. The van der Waals surface area contributed by atoms with Crippen molar-refractivity contribution in [3.05, 3.63) is 62.4 Å². The molecule has 0 saturated carbocycles. The van der Waals surface area contributed by atoms with E-state index in [4.69, 9.17) is 0 Å². The summed E-state index contributed by atoms with van der Waals surface area (Å²) in [4.78, 5) is 27.9. The monoisotopic (exact) mass is 333 g/mol. The molecule has 2 amide bonds. The summed E-state index contributed by atoms with van der Waals surface area (Å²) in [5, 5.41) is -0.368. The van der Waals surface area contributed by atoms with Gasteiger partial charge in [0.1, 0.15) is 5.82 Å². The van der Waals surface area contributed by atoms with Crippen molar-refractivity contribution < 1.29 is 14.0 Å². The smallest absolute Gasteiger partial charge is 0.268 e. The Kier molecular flexibility index (Phi) is 4.13. The largest absolute Gasteiger partial charge is 0.293 e. The number of halogens is 1. The van der Waals surface area contributed by atoms with E-state index in [2.05, 4.69) is 0 Å². The van der Waals surface area contributed by atoms with Crippen LogP contribution in [0.15, 0.2) is 41.3 Å². The number of amides is 2. The zero-order valence-corrected chi connectivity index (χ0v) is 13.3. The fourth-order valence-electron chi connectivity index (χ4n) is 2.09. The maximum atomic E-state index is 13.7. The molecule has 0 radical (unpaired) electrons. The second-order valence-corrected chi connectivity index (χ2v) is 7.12. The lowest BCUT2D eigenvalue weighted by Gasteiger charge is -2.12. The number of aryl methyl sites for hydroxylation is 1. The van der Waals surface area contributed by atoms with Gasteiger partial charge in [0.05, 0.1) is 11.4 Å². The van der Waals surface area contributed by atoms with Crippen molar-refractivity contribution in [1.82, 2.24) is 4.90 Å². The first-order chi connectivity index (χ1) is 10.5. The molecule has 1 aliphatic rings. The van der Waals surface area contributed by atoms with Crippen molar-refractivity contribution in [1.29, 1.82) is 0 Å². The molecular weight excluding hydrogens is 321 g/mol. The number of hydrogen-bond donors (Lipinski definition) is 0. The molecular formula is C16H12FNO2S2. The second kappa shape index (κ2) is 6.06. The van der Waals surface area contributed by atoms with Crippen LogP contribution >= 0.6 is 23.1 Å². The standard InChI is InChI=1S/C16H12FNO2S2/c1-10-6-7-12(21-10)8-14-15(19)18(16(20)22-14)9-11-4-2-3-5-13(11)17/h2-8H,9H2,1H3/b14-8+. The average Bonchev–Trinajstić information content (AvgIpc) is 3.00. The fraction of sp³-hybridized carbons (Fsp3) is 0.125. The number of hydrogen-bond acceptors (Lipinski definition) is 4. The molecule has 0 aliphatic carbocycles. The van der Waals surface area contributed by atoms with E-state index in [0.29, 0.717) is 10.5 Å². The summed E-state index contributed by atoms with van der Waals surface area (Å²) < 4.78 is 13.7. The molecule has 1 saturated heterocycles. The van der Waals surface area contributed by atoms with Crippen LogP contribution in [-0.4, -0.2) is 16.0 Å². The van der Waals surface area contributed by atoms with E-state index < -0.39 is 5.82 Å². The highest BCUT2D eigenvalue weighted by Gasteiger charge is 2.35. The summed E-state index contributed by atoms with van der Waals surface area (Å²) in [6, 6.07) is 10.0. The number of carbonyl (C=O) groups is 2. The zero-order chi connectivity index (χ0) is 15.7. The first-order valence-corrected chi connectivity index (χ1v) is 8.23. The van der Waals surface area contributed by atoms with Crippen molar-refractivity contribution in [3.63, 3.8) is 0 Å². The third-order valence-electron chi connectivity index (χ3n) is 3.19. The van der Waals surface area contributed by atoms with Crippen LogP contribution in [0.25, 0.3) is 6.08 Å². The van der Waals surface area contributed by atoms with Crippen molar-refractivity contribution in [2.45, 2.75) is 13.5 Å². The summed E-state index contributed by atoms with van der Waals surface area (Å²) in [6.07, 6.45) is 1.71. The molecule has 3 nitrogen and oxygen atoms in total. The van der Waals surface area contributed by atoms with E-state index in [-0.39, 0.29) is 17.7 Å². The molecule has 0 N–H and O–H groups in total. The summed E-state index contributed by atoms with van der Waals surface area (Å²) in [5.74, 6) is -0.788. The Labute approximate surface area is 135 Å². The second-order valence-electron chi connectivity index (χ2n) is 4.81. The normalized spacial score (nSPS) is 16.8. The number of thioether (sulfide) groups is 1. The van der Waals surface area contributed by atoms with Gasteiger partial charge in [0.15, 0.2) is 0 Å². The predicted octanol–water partition coefficient (Wildman–Crippen LogP) is 4.43. The van der Waals surface area contributed by atoms with Gasteiger partial charge in [0.25, 0.3) is 11.1 Å². The molecule has 2 aromatic rings. The number of thiophene rings is 1. The Balaban J connectivity index is 1.83. The van der Waals surface area contributed by atoms with E-state index in [0.717, 1.165) is 26.4 Å². The summed E-state index contributed by atoms with van der Waals surface area (Å²) in [6.45, 7) is 1.93. The van der Waals surface area contributed by atoms with Gasteiger partial charge in [-0.2, -0.15) is 0 Å². The van der Waals surface area contributed by atoms with Gasteiger partial charge >= 0.3 is 0 Å². The molecule has 0 atom stereocenters. The fourth-order valence-corrected chi connectivity index (χ4v) is 3.82. The van der Waals surface area contributed by atoms with E-state index in [9.17, 15) is 14.0 Å². The molecule has 1 aliphatic heterocycles. The van der Waals surface area contributed by atoms with Gasteiger partial charge in [-0.25, -0.2) is 4.39 Å². The third kappa shape index (κ3) is 2.98. The van der Waals surface area contributed by atoms with E-state index in [1.165, 1.54) is 6.07 Å². The predicted molar refractivity (Wildman–Crippen MR) is 87.0 cm³/mol. The Hall–Kier alpha value is -1.92. The minimum atomic E-state index is -0.417. The van der Waals surface area contributed by atoms with Gasteiger partial charge in [-0.05, 0) is 43.0 Å². The van der Waals surface area contributed by atoms with Crippen LogP contribution in [0.2, 0.25) is 0 Å². The molecule has 6 heteroatoms. The van der Waals surface area contributed by atoms with Gasteiger partial charge in [-0.1, -0.05) is 18.2 Å². The SMILES string of the molecule is Cc1ccc(/C=C2/SC(=O)N(Cc3ccccc3F)C2=O)s1. The maximum Gasteiger partial charge on any atom is 0.293 e. The van der Waals surface area contributed by atoms with Crippen LogP contribution in [0.5, 0.6) is 0 Å². The number of carbonyl (C=O) groups excluding carboxylic acids is 2. The highest BCUT2D eigenvalue weighted by molar-refractivity contribution is 8.18. The first-order valence-electron chi connectivity index (χ1n) is 6.60. The highest BCUT2D eigenvalue weighted by Crippen LogP contribution is 2.34. The molecule has 1 aromatic heterocycles. The molecule has 0 spiro atoms. The van der Waals surface area contributed by atoms with E-state index in [1.807, 2.05) is 19.1 Å². The molecule has 0 unspecified atom stereocenters. The minimum Gasteiger partial charge on any atom is -0.268 e. The minimum absolute atomic E-state index is 0.0435. The van der Waals surface area contributed by atoms with Crippen molar-refractivity contribution in [2.75, 3.05) is 0 Å². The third-order valence-corrected chi connectivity index (χ3v) is 5.05. The highest BCUT2D eigenvalue weighted by atomic mass is 32.2. The topological polar surface area (TPSA) is 37.4 Å². The van der Waals surface area contributed by atoms with E-state index >= 15 is 0 Å². The molecule has 3 rings (SSSR count). The maximum absolute atomic E-state index is 13.7. The lowest BCUT2D eigenvalue weighted by Crippen LogP contribution is -2.27. The molecule has 112 valence electrons. The Bertz CT molecular complexity index is 782. The lowest BCUT2D eigenvalue weighted by molar-refractivity contribution is -0.123. The molecule has 2 heterocycles. The number of rotatable bonds is 3. The van der Waals surface area contributed by atoms with Gasteiger partial charge in [0, 0.05) is 15.3 Å². The van der Waals surface area contributed by atoms with E-state index in [1.54, 1.807) is 35.6 Å². The van der Waals surface area contributed by atoms with Gasteiger partial charge < -0.3 is 0 Å².